The lowest BCUT2D eigenvalue weighted by Gasteiger charge is -2.28. The second-order valence-electron chi connectivity index (χ2n) is 6.85. The fraction of sp³-hybridized carbons (Fsp3) is 0.700. The molecule has 26 heavy (non-hydrogen) atoms. The first-order chi connectivity index (χ1) is 12.4. The molecule has 0 aromatic rings. The van der Waals surface area contributed by atoms with E-state index in [9.17, 15) is 9.59 Å². The normalized spacial score (nSPS) is 19.6. The largest absolute Gasteiger partial charge is 0.463 e. The summed E-state index contributed by atoms with van der Waals surface area (Å²) in [6.07, 6.45) is 3.13. The van der Waals surface area contributed by atoms with E-state index in [1.54, 1.807) is 0 Å². The van der Waals surface area contributed by atoms with E-state index in [4.69, 9.17) is 18.9 Å². The lowest BCUT2D eigenvalue weighted by atomic mass is 9.79. The van der Waals surface area contributed by atoms with Crippen LogP contribution >= 0.6 is 0 Å². The predicted molar refractivity (Wildman–Crippen MR) is 98.6 cm³/mol. The molecule has 1 rings (SSSR count). The highest BCUT2D eigenvalue weighted by molar-refractivity contribution is 5.82. The molecule has 0 aromatic carbocycles. The fourth-order valence-corrected chi connectivity index (χ4v) is 2.80. The molecule has 6 heteroatoms. The maximum Gasteiger partial charge on any atom is 0.309 e. The molecule has 0 spiro atoms. The molecule has 1 aliphatic rings. The van der Waals surface area contributed by atoms with E-state index in [1.165, 1.54) is 0 Å². The standard InChI is InChI=1S/C20H32O6/c1-15(2)13-23-9-11-25-19(21)17-7-5-6-8-18(17)20(22)26-12-10-24-14-16(3)4/h17-18H,1,3,5-14H2,2,4H3. The van der Waals surface area contributed by atoms with Gasteiger partial charge in [0.25, 0.3) is 0 Å². The third-order valence-electron chi connectivity index (χ3n) is 4.01. The summed E-state index contributed by atoms with van der Waals surface area (Å²) in [5, 5.41) is 0. The maximum atomic E-state index is 12.3. The Labute approximate surface area is 156 Å². The zero-order valence-corrected chi connectivity index (χ0v) is 16.1. The lowest BCUT2D eigenvalue weighted by Crippen LogP contribution is -2.35. The SMILES string of the molecule is C=C(C)COCCOC(=O)C1CCCCC1C(=O)OCCOCC(=C)C. The monoisotopic (exact) mass is 368 g/mol. The van der Waals surface area contributed by atoms with Crippen molar-refractivity contribution in [1.29, 1.82) is 0 Å². The van der Waals surface area contributed by atoms with Gasteiger partial charge >= 0.3 is 11.9 Å². The summed E-state index contributed by atoms with van der Waals surface area (Å²) in [4.78, 5) is 24.6. The topological polar surface area (TPSA) is 71.1 Å². The van der Waals surface area contributed by atoms with Crippen LogP contribution in [-0.4, -0.2) is 51.6 Å². The minimum Gasteiger partial charge on any atom is -0.463 e. The summed E-state index contributed by atoms with van der Waals surface area (Å²) in [5.41, 5.74) is 1.83. The third kappa shape index (κ3) is 9.15. The second kappa shape index (κ2) is 12.7. The van der Waals surface area contributed by atoms with E-state index in [1.807, 2.05) is 13.8 Å². The fourth-order valence-electron chi connectivity index (χ4n) is 2.80. The number of carbonyl (C=O) groups excluding carboxylic acids is 2. The average molecular weight is 368 g/mol. The van der Waals surface area contributed by atoms with Crippen LogP contribution in [0, 0.1) is 11.8 Å². The van der Waals surface area contributed by atoms with Gasteiger partial charge in [-0.05, 0) is 26.7 Å². The Balaban J connectivity index is 2.35. The van der Waals surface area contributed by atoms with Crippen LogP contribution in [0.15, 0.2) is 24.3 Å². The molecule has 0 aromatic heterocycles. The van der Waals surface area contributed by atoms with Crippen LogP contribution in [0.4, 0.5) is 0 Å². The van der Waals surface area contributed by atoms with E-state index < -0.39 is 11.8 Å². The average Bonchev–Trinajstić information content (AvgIpc) is 2.60. The molecule has 0 bridgehead atoms. The van der Waals surface area contributed by atoms with E-state index in [0.29, 0.717) is 39.3 Å². The maximum absolute atomic E-state index is 12.3. The Morgan fingerprint density at radius 2 is 1.15 bits per heavy atom. The number of hydrogen-bond donors (Lipinski definition) is 0. The molecular weight excluding hydrogens is 336 g/mol. The van der Waals surface area contributed by atoms with Crippen molar-refractivity contribution in [2.24, 2.45) is 11.8 Å². The summed E-state index contributed by atoms with van der Waals surface area (Å²) in [6, 6.07) is 0. The minimum absolute atomic E-state index is 0.180. The smallest absolute Gasteiger partial charge is 0.309 e. The molecule has 0 heterocycles. The number of rotatable bonds is 12. The number of carbonyl (C=O) groups is 2. The van der Waals surface area contributed by atoms with Crippen molar-refractivity contribution in [3.05, 3.63) is 24.3 Å². The molecule has 6 nitrogen and oxygen atoms in total. The van der Waals surface area contributed by atoms with Gasteiger partial charge in [-0.15, -0.1) is 0 Å². The van der Waals surface area contributed by atoms with Gasteiger partial charge in [0, 0.05) is 0 Å². The molecule has 0 saturated heterocycles. The van der Waals surface area contributed by atoms with Crippen molar-refractivity contribution in [2.75, 3.05) is 39.6 Å². The van der Waals surface area contributed by atoms with Crippen molar-refractivity contribution in [2.45, 2.75) is 39.5 Å². The summed E-state index contributed by atoms with van der Waals surface area (Å²) < 4.78 is 21.2. The van der Waals surface area contributed by atoms with Crippen LogP contribution in [0.2, 0.25) is 0 Å². The van der Waals surface area contributed by atoms with Crippen molar-refractivity contribution < 1.29 is 28.5 Å². The zero-order valence-electron chi connectivity index (χ0n) is 16.1. The van der Waals surface area contributed by atoms with Gasteiger partial charge in [-0.3, -0.25) is 9.59 Å². The Morgan fingerprint density at radius 1 is 0.769 bits per heavy atom. The van der Waals surface area contributed by atoms with Gasteiger partial charge in [0.05, 0.1) is 38.3 Å². The van der Waals surface area contributed by atoms with Gasteiger partial charge in [-0.25, -0.2) is 0 Å². The Kier molecular flexibility index (Phi) is 10.9. The molecule has 1 aliphatic carbocycles. The Morgan fingerprint density at radius 3 is 1.50 bits per heavy atom. The summed E-state index contributed by atoms with van der Waals surface area (Å²) in [5.74, 6) is -1.56. The third-order valence-corrected chi connectivity index (χ3v) is 4.01. The Hall–Kier alpha value is -1.66. The first-order valence-electron chi connectivity index (χ1n) is 9.19. The van der Waals surface area contributed by atoms with E-state index in [2.05, 4.69) is 13.2 Å². The minimum atomic E-state index is -0.436. The molecule has 1 fully saturated rings. The molecule has 148 valence electrons. The zero-order chi connectivity index (χ0) is 19.4. The second-order valence-corrected chi connectivity index (χ2v) is 6.85. The van der Waals surface area contributed by atoms with Gasteiger partial charge < -0.3 is 18.9 Å². The molecule has 0 radical (unpaired) electrons. The summed E-state index contributed by atoms with van der Waals surface area (Å²) in [7, 11) is 0. The summed E-state index contributed by atoms with van der Waals surface area (Å²) in [6.45, 7) is 13.1. The van der Waals surface area contributed by atoms with Gasteiger partial charge in [-0.2, -0.15) is 0 Å². The van der Waals surface area contributed by atoms with Crippen LogP contribution in [0.1, 0.15) is 39.5 Å². The molecule has 2 unspecified atom stereocenters. The number of hydrogen-bond acceptors (Lipinski definition) is 6. The molecule has 1 saturated carbocycles. The van der Waals surface area contributed by atoms with Gasteiger partial charge in [-0.1, -0.05) is 37.1 Å². The van der Waals surface area contributed by atoms with E-state index in [0.717, 1.165) is 24.0 Å². The quantitative estimate of drug-likeness (QED) is 0.299. The van der Waals surface area contributed by atoms with Gasteiger partial charge in [0.1, 0.15) is 13.2 Å². The van der Waals surface area contributed by atoms with Crippen LogP contribution in [-0.2, 0) is 28.5 Å². The molecular formula is C20H32O6. The highest BCUT2D eigenvalue weighted by Gasteiger charge is 2.37. The molecule has 2 atom stereocenters. The molecule has 0 aliphatic heterocycles. The van der Waals surface area contributed by atoms with Gasteiger partial charge in [0.15, 0.2) is 0 Å². The molecule has 0 amide bonds. The van der Waals surface area contributed by atoms with Crippen molar-refractivity contribution in [1.82, 2.24) is 0 Å². The first-order valence-corrected chi connectivity index (χ1v) is 9.19. The van der Waals surface area contributed by atoms with Crippen molar-refractivity contribution >= 4 is 11.9 Å². The van der Waals surface area contributed by atoms with Gasteiger partial charge in [0.2, 0.25) is 0 Å². The van der Waals surface area contributed by atoms with Crippen LogP contribution in [0.3, 0.4) is 0 Å². The van der Waals surface area contributed by atoms with Crippen LogP contribution in [0.5, 0.6) is 0 Å². The first kappa shape index (κ1) is 22.4. The Bertz CT molecular complexity index is 441. The molecule has 0 N–H and O–H groups in total. The highest BCUT2D eigenvalue weighted by atomic mass is 16.6. The highest BCUT2D eigenvalue weighted by Crippen LogP contribution is 2.32. The van der Waals surface area contributed by atoms with E-state index >= 15 is 0 Å². The van der Waals surface area contributed by atoms with Crippen LogP contribution in [0.25, 0.3) is 0 Å². The summed E-state index contributed by atoms with van der Waals surface area (Å²) >= 11 is 0. The van der Waals surface area contributed by atoms with Crippen molar-refractivity contribution in [3.63, 3.8) is 0 Å². The number of esters is 2. The lowest BCUT2D eigenvalue weighted by molar-refractivity contribution is -0.164. The van der Waals surface area contributed by atoms with Crippen molar-refractivity contribution in [3.8, 4) is 0 Å². The van der Waals surface area contributed by atoms with Crippen LogP contribution < -0.4 is 0 Å². The number of ether oxygens (including phenoxy) is 4. The van der Waals surface area contributed by atoms with E-state index in [-0.39, 0.29) is 25.2 Å². The predicted octanol–water partition coefficient (Wildman–Crippen LogP) is 3.06.